The fraction of sp³-hybridized carbons (Fsp3) is 0.435. The quantitative estimate of drug-likeness (QED) is 0.565. The maximum atomic E-state index is 12.4. The van der Waals surface area contributed by atoms with Crippen LogP contribution in [-0.4, -0.2) is 60.0 Å². The molecular weight excluding hydrogens is 382 g/mol. The molecule has 1 saturated heterocycles. The first-order valence-electron chi connectivity index (χ1n) is 10.4. The molecule has 7 heteroatoms. The number of amides is 1. The van der Waals surface area contributed by atoms with Gasteiger partial charge in [-0.2, -0.15) is 0 Å². The minimum atomic E-state index is 0.0684. The number of benzene rings is 2. The topological polar surface area (TPSA) is 65.7 Å². The molecular formula is C23H33N3O4+2. The number of nitrogens with one attached hydrogen (secondary N) is 3. The Bertz CT molecular complexity index is 846. The monoisotopic (exact) mass is 415 g/mol. The number of carbonyl (C=O) groups excluding carboxylic acids is 1. The lowest BCUT2D eigenvalue weighted by Crippen LogP contribution is -3.28. The lowest BCUT2D eigenvalue weighted by atomic mass is 10.1. The van der Waals surface area contributed by atoms with E-state index in [9.17, 15) is 4.79 Å². The Labute approximate surface area is 178 Å². The average Bonchev–Trinajstić information content (AvgIpc) is 2.76. The van der Waals surface area contributed by atoms with Crippen molar-refractivity contribution in [1.82, 2.24) is 0 Å². The highest BCUT2D eigenvalue weighted by Gasteiger charge is 2.27. The molecule has 0 unspecified atom stereocenters. The number of anilines is 1. The molecule has 1 amide bonds. The van der Waals surface area contributed by atoms with Crippen LogP contribution in [-0.2, 0) is 11.3 Å². The molecule has 0 aliphatic carbocycles. The summed E-state index contributed by atoms with van der Waals surface area (Å²) in [7, 11) is 4.91. The Hall–Kier alpha value is -2.77. The fourth-order valence-electron chi connectivity index (χ4n) is 3.95. The number of piperazine rings is 1. The van der Waals surface area contributed by atoms with Gasteiger partial charge in [-0.25, -0.2) is 0 Å². The minimum absolute atomic E-state index is 0.0684. The molecule has 2 aromatic carbocycles. The lowest BCUT2D eigenvalue weighted by molar-refractivity contribution is -1.02. The Morgan fingerprint density at radius 3 is 2.10 bits per heavy atom. The average molecular weight is 416 g/mol. The van der Waals surface area contributed by atoms with Gasteiger partial charge in [-0.15, -0.1) is 0 Å². The van der Waals surface area contributed by atoms with E-state index in [-0.39, 0.29) is 5.91 Å². The highest BCUT2D eigenvalue weighted by atomic mass is 16.5. The molecule has 3 N–H and O–H groups in total. The summed E-state index contributed by atoms with van der Waals surface area (Å²) in [4.78, 5) is 15.2. The van der Waals surface area contributed by atoms with E-state index < -0.39 is 0 Å². The van der Waals surface area contributed by atoms with E-state index in [1.165, 1.54) is 15.4 Å². The lowest BCUT2D eigenvalue weighted by Gasteiger charge is -2.29. The summed E-state index contributed by atoms with van der Waals surface area (Å²) in [5.41, 5.74) is 3.14. The Morgan fingerprint density at radius 1 is 0.867 bits per heavy atom. The molecule has 0 atom stereocenters. The number of carbonyl (C=O) groups is 1. The summed E-state index contributed by atoms with van der Waals surface area (Å²) < 4.78 is 16.5. The summed E-state index contributed by atoms with van der Waals surface area (Å²) in [6.07, 6.45) is 0. The number of hydrogen-bond acceptors (Lipinski definition) is 4. The molecule has 2 aromatic rings. The predicted molar refractivity (Wildman–Crippen MR) is 116 cm³/mol. The molecule has 0 saturated carbocycles. The smallest absolute Gasteiger partial charge is 0.279 e. The Kier molecular flexibility index (Phi) is 7.54. The van der Waals surface area contributed by atoms with E-state index in [1.54, 1.807) is 21.3 Å². The standard InChI is InChI=1S/C23H31N3O4/c1-17-5-8-19(9-6-17)24-21(27)16-26-13-11-25(12-14-26)15-18-7-10-20(28-2)23(30-4)22(18)29-3/h5-10H,11-16H2,1-4H3,(H,24,27)/p+2. The van der Waals surface area contributed by atoms with Crippen LogP contribution in [0.15, 0.2) is 36.4 Å². The number of hydrogen-bond donors (Lipinski definition) is 3. The number of ether oxygens (including phenoxy) is 3. The van der Waals surface area contributed by atoms with Crippen molar-refractivity contribution in [3.8, 4) is 17.2 Å². The van der Waals surface area contributed by atoms with Gasteiger partial charge in [0.05, 0.1) is 26.9 Å². The molecule has 0 radical (unpaired) electrons. The van der Waals surface area contributed by atoms with Crippen molar-refractivity contribution < 1.29 is 28.8 Å². The van der Waals surface area contributed by atoms with Crippen LogP contribution in [0.2, 0.25) is 0 Å². The second-order valence-corrected chi connectivity index (χ2v) is 7.76. The number of rotatable bonds is 8. The Morgan fingerprint density at radius 2 is 1.50 bits per heavy atom. The van der Waals surface area contributed by atoms with Gasteiger partial charge in [0.1, 0.15) is 32.7 Å². The normalized spacial score (nSPS) is 18.5. The fourth-order valence-corrected chi connectivity index (χ4v) is 3.95. The zero-order valence-electron chi connectivity index (χ0n) is 18.3. The van der Waals surface area contributed by atoms with Crippen LogP contribution in [0, 0.1) is 6.92 Å². The summed E-state index contributed by atoms with van der Waals surface area (Å²) in [6.45, 7) is 7.33. The second kappa shape index (κ2) is 10.3. The van der Waals surface area contributed by atoms with Crippen LogP contribution in [0.25, 0.3) is 0 Å². The zero-order valence-corrected chi connectivity index (χ0v) is 18.3. The molecule has 7 nitrogen and oxygen atoms in total. The summed E-state index contributed by atoms with van der Waals surface area (Å²) in [5, 5.41) is 3.00. The SMILES string of the molecule is COc1ccc(C[NH+]2CC[NH+](CC(=O)Nc3ccc(C)cc3)CC2)c(OC)c1OC. The predicted octanol–water partition coefficient (Wildman–Crippen LogP) is -0.0571. The third kappa shape index (κ3) is 5.43. The molecule has 3 rings (SSSR count). The van der Waals surface area contributed by atoms with Crippen molar-refractivity contribution in [2.24, 2.45) is 0 Å². The van der Waals surface area contributed by atoms with E-state index >= 15 is 0 Å². The van der Waals surface area contributed by atoms with Crippen molar-refractivity contribution in [3.63, 3.8) is 0 Å². The molecule has 0 aromatic heterocycles. The van der Waals surface area contributed by atoms with Gasteiger partial charge in [-0.1, -0.05) is 17.7 Å². The molecule has 162 valence electrons. The van der Waals surface area contributed by atoms with E-state index in [2.05, 4.69) is 5.32 Å². The van der Waals surface area contributed by atoms with Crippen molar-refractivity contribution in [1.29, 1.82) is 0 Å². The molecule has 1 heterocycles. The van der Waals surface area contributed by atoms with Crippen molar-refractivity contribution in [2.45, 2.75) is 13.5 Å². The second-order valence-electron chi connectivity index (χ2n) is 7.76. The molecule has 1 fully saturated rings. The first-order valence-corrected chi connectivity index (χ1v) is 10.4. The van der Waals surface area contributed by atoms with Crippen molar-refractivity contribution >= 4 is 11.6 Å². The van der Waals surface area contributed by atoms with Crippen molar-refractivity contribution in [3.05, 3.63) is 47.5 Å². The zero-order chi connectivity index (χ0) is 21.5. The van der Waals surface area contributed by atoms with Crippen LogP contribution < -0.4 is 29.3 Å². The molecule has 0 spiro atoms. The van der Waals surface area contributed by atoms with Gasteiger partial charge < -0.3 is 29.3 Å². The van der Waals surface area contributed by atoms with Gasteiger partial charge >= 0.3 is 0 Å². The Balaban J connectivity index is 1.52. The maximum absolute atomic E-state index is 12.4. The van der Waals surface area contributed by atoms with Crippen LogP contribution >= 0.6 is 0 Å². The molecule has 1 aliphatic heterocycles. The van der Waals surface area contributed by atoms with E-state index in [0.717, 1.165) is 49.7 Å². The third-order valence-electron chi connectivity index (χ3n) is 5.64. The minimum Gasteiger partial charge on any atom is -0.493 e. The van der Waals surface area contributed by atoms with Gasteiger partial charge in [0, 0.05) is 5.69 Å². The number of quaternary nitrogens is 2. The van der Waals surface area contributed by atoms with Crippen LogP contribution in [0.3, 0.4) is 0 Å². The maximum Gasteiger partial charge on any atom is 0.279 e. The van der Waals surface area contributed by atoms with E-state index in [4.69, 9.17) is 14.2 Å². The molecule has 30 heavy (non-hydrogen) atoms. The van der Waals surface area contributed by atoms with Crippen molar-refractivity contribution in [2.75, 3.05) is 59.4 Å². The third-order valence-corrected chi connectivity index (χ3v) is 5.64. The van der Waals surface area contributed by atoms with Gasteiger partial charge in [-0.3, -0.25) is 4.79 Å². The van der Waals surface area contributed by atoms with E-state index in [0.29, 0.717) is 18.0 Å². The number of methoxy groups -OCH3 is 3. The largest absolute Gasteiger partial charge is 0.493 e. The van der Waals surface area contributed by atoms with Gasteiger partial charge in [0.15, 0.2) is 18.0 Å². The van der Waals surface area contributed by atoms with Crippen LogP contribution in [0.1, 0.15) is 11.1 Å². The highest BCUT2D eigenvalue weighted by molar-refractivity contribution is 5.91. The number of aryl methyl sites for hydroxylation is 1. The summed E-state index contributed by atoms with van der Waals surface area (Å²) in [5.74, 6) is 2.10. The summed E-state index contributed by atoms with van der Waals surface area (Å²) in [6, 6.07) is 11.9. The van der Waals surface area contributed by atoms with Gasteiger partial charge in [-0.05, 0) is 31.2 Å². The highest BCUT2D eigenvalue weighted by Crippen LogP contribution is 2.39. The van der Waals surface area contributed by atoms with E-state index in [1.807, 2.05) is 43.3 Å². The molecule has 0 bridgehead atoms. The first-order chi connectivity index (χ1) is 14.5. The first kappa shape index (κ1) is 21.9. The van der Waals surface area contributed by atoms with Crippen LogP contribution in [0.5, 0.6) is 17.2 Å². The van der Waals surface area contributed by atoms with Gasteiger partial charge in [0.2, 0.25) is 5.75 Å². The van der Waals surface area contributed by atoms with Crippen LogP contribution in [0.4, 0.5) is 5.69 Å². The van der Waals surface area contributed by atoms with Gasteiger partial charge in [0.25, 0.3) is 5.91 Å². The molecule has 1 aliphatic rings. The summed E-state index contributed by atoms with van der Waals surface area (Å²) >= 11 is 0.